The van der Waals surface area contributed by atoms with Gasteiger partial charge in [0.25, 0.3) is 0 Å². The van der Waals surface area contributed by atoms with Crippen LogP contribution in [0, 0.1) is 0 Å². The zero-order valence-electron chi connectivity index (χ0n) is 44.1. The number of esters is 7. The van der Waals surface area contributed by atoms with Crippen molar-refractivity contribution in [2.24, 2.45) is 0 Å². The summed E-state index contributed by atoms with van der Waals surface area (Å²) in [6.07, 6.45) is 19.1. The van der Waals surface area contributed by atoms with Crippen molar-refractivity contribution < 1.29 is 71.5 Å². The quantitative estimate of drug-likeness (QED) is 0.0341. The largest absolute Gasteiger partial charge is 0.466 e. The molecule has 0 unspecified atom stereocenters. The van der Waals surface area contributed by atoms with Gasteiger partial charge in [0.1, 0.15) is 0 Å². The van der Waals surface area contributed by atoms with Crippen LogP contribution >= 0.6 is 0 Å². The van der Waals surface area contributed by atoms with Crippen molar-refractivity contribution in [1.29, 1.82) is 0 Å². The van der Waals surface area contributed by atoms with E-state index in [-0.39, 0.29) is 82.8 Å². The normalized spacial score (nSPS) is 11.2. The number of nitrogens with zero attached hydrogens (tertiary/aromatic N) is 1. The Morgan fingerprint density at radius 2 is 0.700 bits per heavy atom. The van der Waals surface area contributed by atoms with Crippen LogP contribution in [0.25, 0.3) is 0 Å². The number of nitrogens with one attached hydrogen (secondary N) is 1. The summed E-state index contributed by atoms with van der Waals surface area (Å²) in [4.78, 5) is 105. The minimum atomic E-state index is -2.46. The lowest BCUT2D eigenvalue weighted by atomic mass is 9.94. The highest BCUT2D eigenvalue weighted by Crippen LogP contribution is 2.27. The molecule has 0 aromatic heterocycles. The molecule has 70 heavy (non-hydrogen) atoms. The van der Waals surface area contributed by atoms with Crippen LogP contribution in [0.1, 0.15) is 220 Å². The van der Waals surface area contributed by atoms with Gasteiger partial charge in [0.15, 0.2) is 0 Å². The molecule has 0 radical (unpaired) electrons. The van der Waals surface area contributed by atoms with Gasteiger partial charge in [-0.1, -0.05) is 97.8 Å². The molecule has 0 heterocycles. The minimum absolute atomic E-state index is 0.0512. The maximum absolute atomic E-state index is 14.0. The molecule has 0 saturated carbocycles. The Labute approximate surface area is 420 Å². The predicted octanol–water partition coefficient (Wildman–Crippen LogP) is 9.36. The smallest absolute Gasteiger partial charge is 0.351 e. The molecule has 1 amide bonds. The number of hydrogen-bond donors (Lipinski definition) is 1. The molecule has 406 valence electrons. The second-order valence-corrected chi connectivity index (χ2v) is 18.4. The fourth-order valence-electron chi connectivity index (χ4n) is 7.08. The van der Waals surface area contributed by atoms with Gasteiger partial charge >= 0.3 is 41.8 Å². The monoisotopic (exact) mass is 999 g/mol. The molecule has 0 fully saturated rings. The lowest BCUT2D eigenvalue weighted by Gasteiger charge is -2.30. The molecule has 0 aromatic rings. The number of amides is 1. The summed E-state index contributed by atoms with van der Waals surface area (Å²) in [6, 6.07) is 0. The molecule has 17 heteroatoms. The minimum Gasteiger partial charge on any atom is -0.466 e. The second-order valence-electron chi connectivity index (χ2n) is 18.4. The highest BCUT2D eigenvalue weighted by molar-refractivity contribution is 5.92. The number of hydrogen-bond acceptors (Lipinski definition) is 16. The van der Waals surface area contributed by atoms with Crippen LogP contribution in [0.15, 0.2) is 0 Å². The molecular weight excluding hydrogens is 905 g/mol. The van der Waals surface area contributed by atoms with Crippen LogP contribution < -0.4 is 5.32 Å². The SMILES string of the molecule is CCCCCCCC(=O)OCCCCCOC(=O)CC(CC(=O)OCCCCCOC(=O)CCCCCCC)(OC(=O)CCNC(=O)CCN(C)C)C(=O)OCCCCCOC(=O)CCCCCCC. The molecule has 0 saturated heterocycles. The van der Waals surface area contributed by atoms with E-state index in [2.05, 4.69) is 26.1 Å². The zero-order valence-corrected chi connectivity index (χ0v) is 44.1. The van der Waals surface area contributed by atoms with Crippen molar-refractivity contribution in [3.63, 3.8) is 0 Å². The summed E-state index contributed by atoms with van der Waals surface area (Å²) >= 11 is 0. The van der Waals surface area contributed by atoms with Crippen LogP contribution in [0.5, 0.6) is 0 Å². The van der Waals surface area contributed by atoms with Crippen LogP contribution in [-0.2, 0) is 71.5 Å². The molecule has 0 aliphatic heterocycles. The van der Waals surface area contributed by atoms with Crippen LogP contribution in [0.4, 0.5) is 0 Å². The van der Waals surface area contributed by atoms with E-state index in [4.69, 9.17) is 33.2 Å². The van der Waals surface area contributed by atoms with Gasteiger partial charge in [-0.05, 0) is 91.1 Å². The Hall–Kier alpha value is -4.28. The first-order valence-electron chi connectivity index (χ1n) is 26.9. The van der Waals surface area contributed by atoms with E-state index >= 15 is 0 Å². The molecule has 0 atom stereocenters. The Bertz CT molecular complexity index is 1370. The van der Waals surface area contributed by atoms with Crippen LogP contribution in [0.2, 0.25) is 0 Å². The van der Waals surface area contributed by atoms with E-state index < -0.39 is 42.3 Å². The number of carbonyl (C=O) groups excluding carboxylic acids is 8. The van der Waals surface area contributed by atoms with Crippen molar-refractivity contribution in [3.8, 4) is 0 Å². The molecule has 0 aliphatic carbocycles. The number of ether oxygens (including phenoxy) is 7. The molecule has 0 rings (SSSR count). The molecule has 1 N–H and O–H groups in total. The van der Waals surface area contributed by atoms with Gasteiger partial charge in [0.05, 0.1) is 58.9 Å². The lowest BCUT2D eigenvalue weighted by Crippen LogP contribution is -2.49. The third-order valence-electron chi connectivity index (χ3n) is 11.3. The maximum Gasteiger partial charge on any atom is 0.351 e. The molecule has 0 aromatic carbocycles. The average Bonchev–Trinajstić information content (AvgIpc) is 3.32. The summed E-state index contributed by atoms with van der Waals surface area (Å²) in [5.74, 6) is -4.99. The Balaban J connectivity index is 5.68. The zero-order chi connectivity index (χ0) is 51.9. The van der Waals surface area contributed by atoms with Crippen molar-refractivity contribution in [2.75, 3.05) is 66.8 Å². The Morgan fingerprint density at radius 3 is 1.06 bits per heavy atom. The summed E-state index contributed by atoms with van der Waals surface area (Å²) in [6.45, 7) is 7.19. The number of carbonyl (C=O) groups is 8. The third-order valence-corrected chi connectivity index (χ3v) is 11.3. The molecule has 0 aliphatic rings. The summed E-state index contributed by atoms with van der Waals surface area (Å²) in [5, 5.41) is 2.64. The average molecular weight is 999 g/mol. The van der Waals surface area contributed by atoms with E-state index in [1.165, 1.54) is 0 Å². The van der Waals surface area contributed by atoms with Crippen LogP contribution in [0.3, 0.4) is 0 Å². The molecule has 17 nitrogen and oxygen atoms in total. The molecule has 0 bridgehead atoms. The van der Waals surface area contributed by atoms with Crippen molar-refractivity contribution >= 4 is 47.7 Å². The molecule has 0 spiro atoms. The second kappa shape index (κ2) is 45.8. The van der Waals surface area contributed by atoms with Crippen molar-refractivity contribution in [3.05, 3.63) is 0 Å². The maximum atomic E-state index is 14.0. The fourth-order valence-corrected chi connectivity index (χ4v) is 7.08. The summed E-state index contributed by atoms with van der Waals surface area (Å²) in [5.41, 5.74) is -2.46. The highest BCUT2D eigenvalue weighted by Gasteiger charge is 2.49. The van der Waals surface area contributed by atoms with Gasteiger partial charge in [-0.25, -0.2) is 4.79 Å². The van der Waals surface area contributed by atoms with Gasteiger partial charge in [0, 0.05) is 38.8 Å². The standard InChI is InChI=1S/C53H94N2O15/c1-6-9-12-15-21-30-46(57)64-37-24-18-27-40-67-50(61)43-53(70-49(60)33-35-54-45(56)34-36-55(4)5,52(63)69-42-29-20-26-39-66-48(59)32-23-17-14-11-8-3)44-51(62)68-41-28-19-25-38-65-47(58)31-22-16-13-10-7-2/h6-44H2,1-5H3,(H,54,56). The summed E-state index contributed by atoms with van der Waals surface area (Å²) < 4.78 is 38.2. The van der Waals surface area contributed by atoms with Crippen molar-refractivity contribution in [1.82, 2.24) is 10.2 Å². The number of unbranched alkanes of at least 4 members (excludes halogenated alkanes) is 18. The van der Waals surface area contributed by atoms with E-state index in [0.717, 1.165) is 96.3 Å². The van der Waals surface area contributed by atoms with Gasteiger partial charge in [0.2, 0.25) is 11.5 Å². The highest BCUT2D eigenvalue weighted by atomic mass is 16.6. The first kappa shape index (κ1) is 65.7. The van der Waals surface area contributed by atoms with Crippen molar-refractivity contribution in [2.45, 2.75) is 225 Å². The van der Waals surface area contributed by atoms with Gasteiger partial charge in [-0.3, -0.25) is 33.6 Å². The van der Waals surface area contributed by atoms with E-state index in [0.29, 0.717) is 83.6 Å². The summed E-state index contributed by atoms with van der Waals surface area (Å²) in [7, 11) is 3.64. The third kappa shape index (κ3) is 40.4. The Kier molecular flexibility index (Phi) is 43.0. The van der Waals surface area contributed by atoms with Gasteiger partial charge < -0.3 is 43.4 Å². The van der Waals surface area contributed by atoms with E-state index in [1.807, 2.05) is 19.0 Å². The first-order chi connectivity index (χ1) is 33.8. The Morgan fingerprint density at radius 1 is 0.371 bits per heavy atom. The predicted molar refractivity (Wildman–Crippen MR) is 266 cm³/mol. The lowest BCUT2D eigenvalue weighted by molar-refractivity contribution is -0.191. The number of rotatable bonds is 48. The van der Waals surface area contributed by atoms with E-state index in [9.17, 15) is 38.4 Å². The van der Waals surface area contributed by atoms with Gasteiger partial charge in [-0.2, -0.15) is 0 Å². The van der Waals surface area contributed by atoms with E-state index in [1.54, 1.807) is 0 Å². The topological polar surface area (TPSA) is 216 Å². The van der Waals surface area contributed by atoms with Crippen LogP contribution in [-0.4, -0.2) is 125 Å². The fraction of sp³-hybridized carbons (Fsp3) is 0.849. The van der Waals surface area contributed by atoms with Gasteiger partial charge in [-0.15, -0.1) is 0 Å². The first-order valence-corrected chi connectivity index (χ1v) is 26.9. The molecular formula is C53H94N2O15.